The molecule has 5 heteroatoms. The van der Waals surface area contributed by atoms with Crippen LogP contribution in [0, 0.1) is 0 Å². The maximum Gasteiger partial charge on any atom is 0.234 e. The predicted octanol–water partition coefficient (Wildman–Crippen LogP) is 0.909. The second-order valence-electron chi connectivity index (χ2n) is 6.02. The van der Waals surface area contributed by atoms with Crippen LogP contribution in [0.3, 0.4) is 0 Å². The largest absolute Gasteiger partial charge is 0.394 e. The average Bonchev–Trinajstić information content (AvgIpc) is 2.42. The predicted molar refractivity (Wildman–Crippen MR) is 77.5 cm³/mol. The van der Waals surface area contributed by atoms with Gasteiger partial charge in [-0.1, -0.05) is 32.1 Å². The maximum atomic E-state index is 12.1. The molecule has 1 aliphatic carbocycles. The first kappa shape index (κ1) is 15.7. The van der Waals surface area contributed by atoms with Crippen molar-refractivity contribution >= 4 is 5.91 Å². The Morgan fingerprint density at radius 1 is 1.20 bits per heavy atom. The lowest BCUT2D eigenvalue weighted by atomic mass is 9.97. The van der Waals surface area contributed by atoms with Crippen molar-refractivity contribution in [3.8, 4) is 0 Å². The molecule has 1 saturated carbocycles. The van der Waals surface area contributed by atoms with Crippen LogP contribution in [0.2, 0.25) is 0 Å². The van der Waals surface area contributed by atoms with E-state index in [9.17, 15) is 4.79 Å². The van der Waals surface area contributed by atoms with Crippen LogP contribution in [0.15, 0.2) is 0 Å². The summed E-state index contributed by atoms with van der Waals surface area (Å²) in [4.78, 5) is 14.2. The van der Waals surface area contributed by atoms with E-state index in [-0.39, 0.29) is 18.6 Å². The van der Waals surface area contributed by atoms with E-state index in [4.69, 9.17) is 9.84 Å². The quantitative estimate of drug-likeness (QED) is 0.805. The van der Waals surface area contributed by atoms with E-state index >= 15 is 0 Å². The fraction of sp³-hybridized carbons (Fsp3) is 0.933. The van der Waals surface area contributed by atoms with Gasteiger partial charge in [0.2, 0.25) is 5.91 Å². The van der Waals surface area contributed by atoms with Gasteiger partial charge in [-0.05, 0) is 12.8 Å². The van der Waals surface area contributed by atoms with Gasteiger partial charge in [0, 0.05) is 19.1 Å². The Morgan fingerprint density at radius 3 is 2.60 bits per heavy atom. The number of hydrogen-bond donors (Lipinski definition) is 2. The lowest BCUT2D eigenvalue weighted by Gasteiger charge is -2.32. The monoisotopic (exact) mass is 284 g/mol. The van der Waals surface area contributed by atoms with Gasteiger partial charge < -0.3 is 15.2 Å². The summed E-state index contributed by atoms with van der Waals surface area (Å²) in [5.41, 5.74) is 0. The second-order valence-corrected chi connectivity index (χ2v) is 6.02. The molecule has 2 N–H and O–H groups in total. The molecule has 1 saturated heterocycles. The first-order chi connectivity index (χ1) is 9.78. The molecule has 1 aliphatic heterocycles. The lowest BCUT2D eigenvalue weighted by molar-refractivity contribution is -0.125. The van der Waals surface area contributed by atoms with Crippen molar-refractivity contribution in [1.82, 2.24) is 10.2 Å². The maximum absolute atomic E-state index is 12.1. The molecule has 5 nitrogen and oxygen atoms in total. The topological polar surface area (TPSA) is 61.8 Å². The van der Waals surface area contributed by atoms with Crippen molar-refractivity contribution < 1.29 is 14.6 Å². The van der Waals surface area contributed by atoms with E-state index in [2.05, 4.69) is 10.2 Å². The van der Waals surface area contributed by atoms with Crippen LogP contribution in [-0.2, 0) is 9.53 Å². The Bertz CT molecular complexity index is 285. The van der Waals surface area contributed by atoms with Crippen LogP contribution in [0.4, 0.5) is 0 Å². The van der Waals surface area contributed by atoms with E-state index in [0.29, 0.717) is 25.7 Å². The molecule has 2 aliphatic rings. The Labute approximate surface area is 121 Å². The molecule has 0 spiro atoms. The normalized spacial score (nSPS) is 26.8. The molecule has 0 aromatic rings. The van der Waals surface area contributed by atoms with Crippen molar-refractivity contribution in [1.29, 1.82) is 0 Å². The van der Waals surface area contributed by atoms with E-state index in [1.165, 1.54) is 32.1 Å². The number of nitrogens with zero attached hydrogens (tertiary/aromatic N) is 1. The number of ether oxygens (including phenoxy) is 1. The van der Waals surface area contributed by atoms with Crippen LogP contribution >= 0.6 is 0 Å². The zero-order chi connectivity index (χ0) is 14.2. The molecule has 116 valence electrons. The van der Waals surface area contributed by atoms with Gasteiger partial charge in [-0.2, -0.15) is 0 Å². The molecule has 2 fully saturated rings. The first-order valence-corrected chi connectivity index (χ1v) is 8.02. The number of morpholine rings is 1. The van der Waals surface area contributed by atoms with Gasteiger partial charge in [-0.3, -0.25) is 9.69 Å². The smallest absolute Gasteiger partial charge is 0.234 e. The summed E-state index contributed by atoms with van der Waals surface area (Å²) in [6.07, 6.45) is 8.50. The molecule has 0 bridgehead atoms. The van der Waals surface area contributed by atoms with Crippen LogP contribution in [-0.4, -0.2) is 60.9 Å². The van der Waals surface area contributed by atoms with E-state index in [1.807, 2.05) is 0 Å². The third-order valence-electron chi connectivity index (χ3n) is 4.26. The zero-order valence-electron chi connectivity index (χ0n) is 12.4. The van der Waals surface area contributed by atoms with Gasteiger partial charge in [0.05, 0.1) is 25.9 Å². The van der Waals surface area contributed by atoms with Crippen molar-refractivity contribution in [2.45, 2.75) is 57.1 Å². The minimum Gasteiger partial charge on any atom is -0.394 e. The zero-order valence-corrected chi connectivity index (χ0v) is 12.4. The fourth-order valence-electron chi connectivity index (χ4n) is 3.11. The molecule has 1 heterocycles. The molecular formula is C15H28N2O3. The third kappa shape index (κ3) is 5.38. The number of rotatable bonds is 4. The Morgan fingerprint density at radius 2 is 1.90 bits per heavy atom. The number of aliphatic hydroxyl groups excluding tert-OH is 1. The minimum absolute atomic E-state index is 0.0285. The van der Waals surface area contributed by atoms with Crippen molar-refractivity contribution in [3.63, 3.8) is 0 Å². The van der Waals surface area contributed by atoms with E-state index < -0.39 is 0 Å². The highest BCUT2D eigenvalue weighted by Gasteiger charge is 2.22. The summed E-state index contributed by atoms with van der Waals surface area (Å²) in [6.45, 7) is 2.47. The Kier molecular flexibility index (Phi) is 6.76. The summed E-state index contributed by atoms with van der Waals surface area (Å²) >= 11 is 0. The number of carbonyl (C=O) groups is 1. The molecule has 0 aromatic carbocycles. The number of carbonyl (C=O) groups excluding carboxylic acids is 1. The summed E-state index contributed by atoms with van der Waals surface area (Å²) in [5, 5.41) is 12.3. The fourth-order valence-corrected chi connectivity index (χ4v) is 3.11. The summed E-state index contributed by atoms with van der Waals surface area (Å²) in [6, 6.07) is 0.359. The molecule has 20 heavy (non-hydrogen) atoms. The molecule has 0 radical (unpaired) electrons. The number of hydrogen-bond acceptors (Lipinski definition) is 4. The van der Waals surface area contributed by atoms with E-state index in [0.717, 1.165) is 19.4 Å². The molecular weight excluding hydrogens is 256 g/mol. The van der Waals surface area contributed by atoms with Gasteiger partial charge in [-0.25, -0.2) is 0 Å². The van der Waals surface area contributed by atoms with Crippen LogP contribution in [0.5, 0.6) is 0 Å². The van der Waals surface area contributed by atoms with E-state index in [1.54, 1.807) is 0 Å². The molecule has 2 rings (SSSR count). The summed E-state index contributed by atoms with van der Waals surface area (Å²) in [7, 11) is 0. The minimum atomic E-state index is -0.141. The van der Waals surface area contributed by atoms with Gasteiger partial charge in [0.1, 0.15) is 0 Å². The first-order valence-electron chi connectivity index (χ1n) is 8.02. The number of amides is 1. The van der Waals surface area contributed by atoms with Crippen LogP contribution in [0.1, 0.15) is 44.9 Å². The SMILES string of the molecule is O=C(CN1CCOC(CO)C1)NC1CCCCCCC1. The average molecular weight is 284 g/mol. The highest BCUT2D eigenvalue weighted by molar-refractivity contribution is 5.78. The Hall–Kier alpha value is -0.650. The Balaban J connectivity index is 1.70. The summed E-state index contributed by atoms with van der Waals surface area (Å²) in [5.74, 6) is 0.120. The third-order valence-corrected chi connectivity index (χ3v) is 4.26. The van der Waals surface area contributed by atoms with Gasteiger partial charge >= 0.3 is 0 Å². The highest BCUT2D eigenvalue weighted by atomic mass is 16.5. The summed E-state index contributed by atoms with van der Waals surface area (Å²) < 4.78 is 5.40. The highest BCUT2D eigenvalue weighted by Crippen LogP contribution is 2.17. The molecule has 0 aromatic heterocycles. The number of nitrogens with one attached hydrogen (secondary N) is 1. The second kappa shape index (κ2) is 8.60. The molecule has 1 unspecified atom stereocenters. The van der Waals surface area contributed by atoms with Gasteiger partial charge in [0.15, 0.2) is 0 Å². The molecule has 1 atom stereocenters. The standard InChI is InChI=1S/C15H28N2O3/c18-12-14-10-17(8-9-20-14)11-15(19)16-13-6-4-2-1-3-5-7-13/h13-14,18H,1-12H2,(H,16,19). The van der Waals surface area contributed by atoms with Crippen molar-refractivity contribution in [2.24, 2.45) is 0 Å². The van der Waals surface area contributed by atoms with Gasteiger partial charge in [-0.15, -0.1) is 0 Å². The van der Waals surface area contributed by atoms with Crippen molar-refractivity contribution in [2.75, 3.05) is 32.8 Å². The van der Waals surface area contributed by atoms with Crippen LogP contribution in [0.25, 0.3) is 0 Å². The molecule has 1 amide bonds. The lowest BCUT2D eigenvalue weighted by Crippen LogP contribution is -2.49. The van der Waals surface area contributed by atoms with Crippen molar-refractivity contribution in [3.05, 3.63) is 0 Å². The van der Waals surface area contributed by atoms with Gasteiger partial charge in [0.25, 0.3) is 0 Å². The van der Waals surface area contributed by atoms with Crippen LogP contribution < -0.4 is 5.32 Å². The number of aliphatic hydroxyl groups is 1.